The van der Waals surface area contributed by atoms with E-state index in [4.69, 9.17) is 16.3 Å². The number of sulfone groups is 1. The van der Waals surface area contributed by atoms with E-state index in [1.54, 1.807) is 18.2 Å². The molecule has 6 heteroatoms. The molecule has 0 amide bonds. The van der Waals surface area contributed by atoms with Crippen molar-refractivity contribution in [3.63, 3.8) is 0 Å². The van der Waals surface area contributed by atoms with E-state index >= 15 is 0 Å². The minimum absolute atomic E-state index is 0.0174. The van der Waals surface area contributed by atoms with Crippen molar-refractivity contribution < 1.29 is 13.2 Å². The summed E-state index contributed by atoms with van der Waals surface area (Å²) >= 11 is 6.18. The van der Waals surface area contributed by atoms with E-state index in [-0.39, 0.29) is 17.4 Å². The fourth-order valence-electron chi connectivity index (χ4n) is 2.85. The maximum absolute atomic E-state index is 11.5. The van der Waals surface area contributed by atoms with E-state index in [1.165, 1.54) is 0 Å². The van der Waals surface area contributed by atoms with Gasteiger partial charge in [-0.2, -0.15) is 5.26 Å². The zero-order valence-electron chi connectivity index (χ0n) is 12.9. The Bertz CT molecular complexity index is 903. The normalized spacial score (nSPS) is 18.9. The lowest BCUT2D eigenvalue weighted by atomic mass is 10.0. The van der Waals surface area contributed by atoms with Crippen LogP contribution < -0.4 is 4.74 Å². The molecule has 1 aliphatic heterocycles. The molecule has 3 rings (SSSR count). The molecule has 0 N–H and O–H groups in total. The van der Waals surface area contributed by atoms with Crippen molar-refractivity contribution in [2.75, 3.05) is 18.1 Å². The second kappa shape index (κ2) is 6.84. The van der Waals surface area contributed by atoms with Crippen LogP contribution in [0.25, 0.3) is 11.1 Å². The molecule has 4 nitrogen and oxygen atoms in total. The second-order valence-electron chi connectivity index (χ2n) is 5.91. The van der Waals surface area contributed by atoms with Crippen molar-refractivity contribution in [3.8, 4) is 22.9 Å². The van der Waals surface area contributed by atoms with Crippen molar-refractivity contribution in [2.45, 2.75) is 6.42 Å². The standard InChI is InChI=1S/C18H16ClNO3S/c19-16-7-15(18-4-2-1-3-14(18)10-20)8-17(9-16)23-11-13-5-6-24(21,22)12-13/h1-4,7-9,13H,5-6,11-12H2. The Morgan fingerprint density at radius 3 is 2.75 bits per heavy atom. The first-order valence-corrected chi connectivity index (χ1v) is 9.80. The first kappa shape index (κ1) is 16.8. The Balaban J connectivity index is 1.81. The molecule has 1 fully saturated rings. The van der Waals surface area contributed by atoms with Crippen LogP contribution in [0.1, 0.15) is 12.0 Å². The highest BCUT2D eigenvalue weighted by Gasteiger charge is 2.28. The molecule has 1 aliphatic rings. The average Bonchev–Trinajstić information content (AvgIpc) is 2.91. The topological polar surface area (TPSA) is 67.2 Å². The zero-order valence-corrected chi connectivity index (χ0v) is 14.5. The van der Waals surface area contributed by atoms with Crippen LogP contribution >= 0.6 is 11.6 Å². The molecule has 0 spiro atoms. The minimum Gasteiger partial charge on any atom is -0.493 e. The maximum atomic E-state index is 11.5. The number of hydrogen-bond donors (Lipinski definition) is 0. The lowest BCUT2D eigenvalue weighted by Gasteiger charge is -2.13. The number of ether oxygens (including phenoxy) is 1. The van der Waals surface area contributed by atoms with Gasteiger partial charge in [-0.25, -0.2) is 8.42 Å². The molecule has 2 aromatic carbocycles. The first-order chi connectivity index (χ1) is 11.5. The third-order valence-corrected chi connectivity index (χ3v) is 6.10. The van der Waals surface area contributed by atoms with Crippen molar-refractivity contribution in [1.82, 2.24) is 0 Å². The molecule has 24 heavy (non-hydrogen) atoms. The lowest BCUT2D eigenvalue weighted by Crippen LogP contribution is -2.13. The van der Waals surface area contributed by atoms with Gasteiger partial charge in [0, 0.05) is 10.9 Å². The molecule has 124 valence electrons. The van der Waals surface area contributed by atoms with Gasteiger partial charge in [0.15, 0.2) is 9.84 Å². The number of hydrogen-bond acceptors (Lipinski definition) is 4. The average molecular weight is 362 g/mol. The monoisotopic (exact) mass is 361 g/mol. The predicted octanol–water partition coefficient (Wildman–Crippen LogP) is 3.69. The summed E-state index contributed by atoms with van der Waals surface area (Å²) in [6, 6.07) is 14.8. The molecular weight excluding hydrogens is 346 g/mol. The molecule has 0 radical (unpaired) electrons. The van der Waals surface area contributed by atoms with Crippen molar-refractivity contribution in [3.05, 3.63) is 53.1 Å². The summed E-state index contributed by atoms with van der Waals surface area (Å²) in [7, 11) is -2.91. The SMILES string of the molecule is N#Cc1ccccc1-c1cc(Cl)cc(OCC2CCS(=O)(=O)C2)c1. The second-order valence-corrected chi connectivity index (χ2v) is 8.58. The third-order valence-electron chi connectivity index (χ3n) is 4.04. The largest absolute Gasteiger partial charge is 0.493 e. The molecule has 1 atom stereocenters. The Morgan fingerprint density at radius 2 is 2.04 bits per heavy atom. The Morgan fingerprint density at radius 1 is 1.25 bits per heavy atom. The summed E-state index contributed by atoms with van der Waals surface area (Å²) < 4.78 is 28.8. The van der Waals surface area contributed by atoms with E-state index in [0.29, 0.717) is 29.4 Å². The highest BCUT2D eigenvalue weighted by molar-refractivity contribution is 7.91. The van der Waals surface area contributed by atoms with E-state index in [9.17, 15) is 13.7 Å². The summed E-state index contributed by atoms with van der Waals surface area (Å²) in [5.41, 5.74) is 2.15. The van der Waals surface area contributed by atoms with Crippen LogP contribution in [0.3, 0.4) is 0 Å². The third kappa shape index (κ3) is 3.89. The highest BCUT2D eigenvalue weighted by atomic mass is 35.5. The fourth-order valence-corrected chi connectivity index (χ4v) is 4.92. The highest BCUT2D eigenvalue weighted by Crippen LogP contribution is 2.31. The molecule has 0 bridgehead atoms. The minimum atomic E-state index is -2.91. The van der Waals surface area contributed by atoms with Gasteiger partial charge in [0.25, 0.3) is 0 Å². The summed E-state index contributed by atoms with van der Waals surface area (Å²) in [4.78, 5) is 0. The van der Waals surface area contributed by atoms with Gasteiger partial charge < -0.3 is 4.74 Å². The number of benzene rings is 2. The number of nitrogens with zero attached hydrogens (tertiary/aromatic N) is 1. The molecule has 0 aliphatic carbocycles. The molecule has 1 unspecified atom stereocenters. The number of halogens is 1. The molecule has 0 aromatic heterocycles. The van der Waals surface area contributed by atoms with Gasteiger partial charge in [0.1, 0.15) is 5.75 Å². The summed E-state index contributed by atoms with van der Waals surface area (Å²) in [6.07, 6.45) is 0.632. The number of nitriles is 1. The smallest absolute Gasteiger partial charge is 0.150 e. The van der Waals surface area contributed by atoms with Crippen LogP contribution in [0.4, 0.5) is 0 Å². The van der Waals surface area contributed by atoms with Gasteiger partial charge in [-0.15, -0.1) is 0 Å². The van der Waals surface area contributed by atoms with Crippen LogP contribution in [-0.4, -0.2) is 26.5 Å². The maximum Gasteiger partial charge on any atom is 0.150 e. The van der Waals surface area contributed by atoms with E-state index in [2.05, 4.69) is 6.07 Å². The van der Waals surface area contributed by atoms with Gasteiger partial charge in [-0.3, -0.25) is 0 Å². The molecule has 2 aromatic rings. The fraction of sp³-hybridized carbons (Fsp3) is 0.278. The number of rotatable bonds is 4. The molecule has 1 heterocycles. The van der Waals surface area contributed by atoms with Crippen molar-refractivity contribution >= 4 is 21.4 Å². The Labute approximate surface area is 146 Å². The predicted molar refractivity (Wildman–Crippen MR) is 93.9 cm³/mol. The summed E-state index contributed by atoms with van der Waals surface area (Å²) in [5.74, 6) is 1.01. The van der Waals surface area contributed by atoms with E-state index in [0.717, 1.165) is 11.1 Å². The molecule has 1 saturated heterocycles. The van der Waals surface area contributed by atoms with Gasteiger partial charge in [0.2, 0.25) is 0 Å². The summed E-state index contributed by atoms with van der Waals surface area (Å²) in [5, 5.41) is 9.75. The zero-order chi connectivity index (χ0) is 17.2. The van der Waals surface area contributed by atoms with Gasteiger partial charge in [-0.1, -0.05) is 29.8 Å². The van der Waals surface area contributed by atoms with Gasteiger partial charge in [-0.05, 0) is 41.8 Å². The van der Waals surface area contributed by atoms with Crippen molar-refractivity contribution in [1.29, 1.82) is 5.26 Å². The van der Waals surface area contributed by atoms with Crippen LogP contribution in [-0.2, 0) is 9.84 Å². The lowest BCUT2D eigenvalue weighted by molar-refractivity contribution is 0.263. The van der Waals surface area contributed by atoms with Crippen molar-refractivity contribution in [2.24, 2.45) is 5.92 Å². The van der Waals surface area contributed by atoms with Gasteiger partial charge in [0.05, 0.1) is 29.7 Å². The molecule has 0 saturated carbocycles. The summed E-state index contributed by atoms with van der Waals surface area (Å²) in [6.45, 7) is 0.346. The molecular formula is C18H16ClNO3S. The van der Waals surface area contributed by atoms with Gasteiger partial charge >= 0.3 is 0 Å². The van der Waals surface area contributed by atoms with Crippen LogP contribution in [0.5, 0.6) is 5.75 Å². The van der Waals surface area contributed by atoms with Crippen LogP contribution in [0, 0.1) is 17.2 Å². The van der Waals surface area contributed by atoms with Crippen LogP contribution in [0.2, 0.25) is 5.02 Å². The Hall–Kier alpha value is -2.03. The Kier molecular flexibility index (Phi) is 4.79. The van der Waals surface area contributed by atoms with E-state index in [1.807, 2.05) is 24.3 Å². The first-order valence-electron chi connectivity index (χ1n) is 7.60. The quantitative estimate of drug-likeness (QED) is 0.832. The van der Waals surface area contributed by atoms with Crippen LogP contribution in [0.15, 0.2) is 42.5 Å². The van der Waals surface area contributed by atoms with E-state index < -0.39 is 9.84 Å².